The van der Waals surface area contributed by atoms with Crippen molar-refractivity contribution >= 4 is 11.8 Å². The lowest BCUT2D eigenvalue weighted by atomic mass is 10.1. The van der Waals surface area contributed by atoms with Gasteiger partial charge in [0.05, 0.1) is 0 Å². The van der Waals surface area contributed by atoms with Gasteiger partial charge in [-0.05, 0) is 18.6 Å². The Morgan fingerprint density at radius 1 is 1.25 bits per heavy atom. The van der Waals surface area contributed by atoms with E-state index in [0.29, 0.717) is 6.54 Å². The molecule has 0 aromatic rings. The molecule has 0 heterocycles. The molecule has 16 heavy (non-hydrogen) atoms. The molecule has 4 heteroatoms. The minimum Gasteiger partial charge on any atom is -0.351 e. The van der Waals surface area contributed by atoms with Crippen molar-refractivity contribution in [3.63, 3.8) is 0 Å². The van der Waals surface area contributed by atoms with Gasteiger partial charge in [-0.3, -0.25) is 9.59 Å². The molecule has 0 aliphatic heterocycles. The first-order valence-corrected chi connectivity index (χ1v) is 5.47. The molecule has 0 bridgehead atoms. The number of hydrogen-bond donors (Lipinski definition) is 2. The fourth-order valence-corrected chi connectivity index (χ4v) is 1.23. The summed E-state index contributed by atoms with van der Waals surface area (Å²) >= 11 is 0. The fraction of sp³-hybridized carbons (Fsp3) is 0.500. The first kappa shape index (κ1) is 14.4. The van der Waals surface area contributed by atoms with E-state index in [-0.39, 0.29) is 17.9 Å². The Labute approximate surface area is 96.8 Å². The van der Waals surface area contributed by atoms with Gasteiger partial charge in [-0.15, -0.1) is 0 Å². The summed E-state index contributed by atoms with van der Waals surface area (Å²) in [5.41, 5.74) is 0. The lowest BCUT2D eigenvalue weighted by molar-refractivity contribution is -0.119. The number of carbonyl (C=O) groups excluding carboxylic acids is 2. The van der Waals surface area contributed by atoms with Gasteiger partial charge in [-0.1, -0.05) is 32.9 Å². The van der Waals surface area contributed by atoms with Gasteiger partial charge >= 0.3 is 0 Å². The molecule has 0 aromatic carbocycles. The lowest BCUT2D eigenvalue weighted by Gasteiger charge is -2.17. The smallest absolute Gasteiger partial charge is 0.243 e. The Morgan fingerprint density at radius 3 is 2.38 bits per heavy atom. The van der Waals surface area contributed by atoms with Crippen LogP contribution in [0, 0.1) is 0 Å². The molecule has 0 rings (SSSR count). The largest absolute Gasteiger partial charge is 0.351 e. The third kappa shape index (κ3) is 6.81. The second kappa shape index (κ2) is 8.71. The predicted octanol–water partition coefficient (Wildman–Crippen LogP) is 1.15. The zero-order valence-electron chi connectivity index (χ0n) is 9.79. The van der Waals surface area contributed by atoms with E-state index in [1.165, 1.54) is 12.2 Å². The van der Waals surface area contributed by atoms with Crippen molar-refractivity contribution in [2.24, 2.45) is 0 Å². The number of nitrogens with one attached hydrogen (secondary N) is 2. The van der Waals surface area contributed by atoms with Crippen LogP contribution >= 0.6 is 0 Å². The van der Waals surface area contributed by atoms with E-state index >= 15 is 0 Å². The monoisotopic (exact) mass is 224 g/mol. The summed E-state index contributed by atoms with van der Waals surface area (Å²) in [6.45, 7) is 9.25. The summed E-state index contributed by atoms with van der Waals surface area (Å²) in [4.78, 5) is 22.1. The molecule has 0 aliphatic rings. The van der Waals surface area contributed by atoms with Crippen LogP contribution in [0.3, 0.4) is 0 Å². The summed E-state index contributed by atoms with van der Waals surface area (Å²) in [6.07, 6.45) is 5.34. The van der Waals surface area contributed by atoms with Gasteiger partial charge < -0.3 is 10.6 Å². The molecular formula is C12H20N2O2. The highest BCUT2D eigenvalue weighted by Gasteiger charge is 2.10. The van der Waals surface area contributed by atoms with Crippen molar-refractivity contribution in [2.75, 3.05) is 6.54 Å². The molecule has 0 fully saturated rings. The molecule has 4 nitrogen and oxygen atoms in total. The normalized spacial score (nSPS) is 11.3. The first-order chi connectivity index (χ1) is 7.63. The van der Waals surface area contributed by atoms with Crippen molar-refractivity contribution in [1.82, 2.24) is 10.6 Å². The van der Waals surface area contributed by atoms with Crippen LogP contribution in [0.1, 0.15) is 26.2 Å². The second-order valence-electron chi connectivity index (χ2n) is 3.50. The molecule has 90 valence electrons. The molecule has 0 radical (unpaired) electrons. The van der Waals surface area contributed by atoms with Gasteiger partial charge in [-0.25, -0.2) is 0 Å². The summed E-state index contributed by atoms with van der Waals surface area (Å²) in [5.74, 6) is -0.441. The molecule has 0 aliphatic carbocycles. The van der Waals surface area contributed by atoms with E-state index in [0.717, 1.165) is 19.3 Å². The average molecular weight is 224 g/mol. The van der Waals surface area contributed by atoms with Crippen molar-refractivity contribution in [2.45, 2.75) is 32.2 Å². The van der Waals surface area contributed by atoms with Crippen LogP contribution in [0.2, 0.25) is 0 Å². The van der Waals surface area contributed by atoms with E-state index in [2.05, 4.69) is 30.7 Å². The van der Waals surface area contributed by atoms with E-state index in [1.807, 2.05) is 0 Å². The van der Waals surface area contributed by atoms with Crippen LogP contribution in [0.25, 0.3) is 0 Å². The molecule has 0 aromatic heterocycles. The summed E-state index contributed by atoms with van der Waals surface area (Å²) in [6, 6.07) is -0.0469. The zero-order valence-corrected chi connectivity index (χ0v) is 9.79. The van der Waals surface area contributed by atoms with Crippen LogP contribution < -0.4 is 10.6 Å². The van der Waals surface area contributed by atoms with E-state index in [9.17, 15) is 9.59 Å². The van der Waals surface area contributed by atoms with E-state index in [4.69, 9.17) is 0 Å². The van der Waals surface area contributed by atoms with Gasteiger partial charge in [-0.2, -0.15) is 0 Å². The van der Waals surface area contributed by atoms with Crippen LogP contribution in [0.5, 0.6) is 0 Å². The fourth-order valence-electron chi connectivity index (χ4n) is 1.23. The molecule has 1 unspecified atom stereocenters. The maximum Gasteiger partial charge on any atom is 0.243 e. The summed E-state index contributed by atoms with van der Waals surface area (Å²) in [5, 5.41) is 5.44. The van der Waals surface area contributed by atoms with Crippen LogP contribution in [-0.4, -0.2) is 24.4 Å². The maximum absolute atomic E-state index is 11.1. The van der Waals surface area contributed by atoms with Crippen LogP contribution in [0.15, 0.2) is 25.3 Å². The number of rotatable bonds is 8. The van der Waals surface area contributed by atoms with Gasteiger partial charge in [0.15, 0.2) is 0 Å². The SMILES string of the molecule is C=CC(=O)NCC(CCCC)NC(=O)C=C. The van der Waals surface area contributed by atoms with Crippen molar-refractivity contribution in [3.05, 3.63) is 25.3 Å². The van der Waals surface area contributed by atoms with Gasteiger partial charge in [0.1, 0.15) is 0 Å². The van der Waals surface area contributed by atoms with Crippen LogP contribution in [-0.2, 0) is 9.59 Å². The number of unbranched alkanes of at least 4 members (excludes halogenated alkanes) is 1. The highest BCUT2D eigenvalue weighted by molar-refractivity contribution is 5.88. The molecular weight excluding hydrogens is 204 g/mol. The summed E-state index contributed by atoms with van der Waals surface area (Å²) in [7, 11) is 0. The molecule has 2 amide bonds. The van der Waals surface area contributed by atoms with Crippen molar-refractivity contribution in [3.8, 4) is 0 Å². The quantitative estimate of drug-likeness (QED) is 0.608. The van der Waals surface area contributed by atoms with Gasteiger partial charge in [0, 0.05) is 12.6 Å². The summed E-state index contributed by atoms with van der Waals surface area (Å²) < 4.78 is 0. The van der Waals surface area contributed by atoms with Crippen molar-refractivity contribution in [1.29, 1.82) is 0 Å². The number of amides is 2. The Hall–Kier alpha value is -1.58. The molecule has 2 N–H and O–H groups in total. The second-order valence-corrected chi connectivity index (χ2v) is 3.50. The van der Waals surface area contributed by atoms with E-state index in [1.54, 1.807) is 0 Å². The standard InChI is InChI=1S/C12H20N2O2/c1-4-7-8-10(14-12(16)6-3)9-13-11(15)5-2/h5-6,10H,2-4,7-9H2,1H3,(H,13,15)(H,14,16). The van der Waals surface area contributed by atoms with Crippen molar-refractivity contribution < 1.29 is 9.59 Å². The molecule has 0 saturated heterocycles. The molecule has 0 spiro atoms. The van der Waals surface area contributed by atoms with Gasteiger partial charge in [0.25, 0.3) is 0 Å². The topological polar surface area (TPSA) is 58.2 Å². The molecule has 1 atom stereocenters. The average Bonchev–Trinajstić information content (AvgIpc) is 2.31. The Balaban J connectivity index is 4.08. The number of carbonyl (C=O) groups is 2. The Bertz CT molecular complexity index is 262. The highest BCUT2D eigenvalue weighted by atomic mass is 16.2. The lowest BCUT2D eigenvalue weighted by Crippen LogP contribution is -2.42. The third-order valence-electron chi connectivity index (χ3n) is 2.15. The Kier molecular flexibility index (Phi) is 7.85. The minimum absolute atomic E-state index is 0.0469. The minimum atomic E-state index is -0.227. The highest BCUT2D eigenvalue weighted by Crippen LogP contribution is 1.99. The Morgan fingerprint density at radius 2 is 1.88 bits per heavy atom. The number of hydrogen-bond acceptors (Lipinski definition) is 2. The zero-order chi connectivity index (χ0) is 12.4. The third-order valence-corrected chi connectivity index (χ3v) is 2.15. The predicted molar refractivity (Wildman–Crippen MR) is 64.9 cm³/mol. The maximum atomic E-state index is 11.1. The van der Waals surface area contributed by atoms with E-state index < -0.39 is 0 Å². The molecule has 0 saturated carbocycles. The first-order valence-electron chi connectivity index (χ1n) is 5.47. The van der Waals surface area contributed by atoms with Crippen LogP contribution in [0.4, 0.5) is 0 Å². The van der Waals surface area contributed by atoms with Gasteiger partial charge in [0.2, 0.25) is 11.8 Å².